The molecule has 0 unspecified atom stereocenters. The van der Waals surface area contributed by atoms with Gasteiger partial charge in [-0.3, -0.25) is 0 Å². The number of hydrogen-bond acceptors (Lipinski definition) is 0. The molecule has 6 rings (SSSR count). The average Bonchev–Trinajstić information content (AvgIpc) is 2.97. The van der Waals surface area contributed by atoms with Gasteiger partial charge in [0.05, 0.1) is 0 Å². The minimum atomic E-state index is -0.904. The maximum absolute atomic E-state index is 15.8. The van der Waals surface area contributed by atoms with E-state index in [0.717, 1.165) is 55.9 Å². The first-order valence-corrected chi connectivity index (χ1v) is 15.5. The molecule has 3 aliphatic carbocycles. The van der Waals surface area contributed by atoms with E-state index in [1.54, 1.807) is 12.1 Å². The van der Waals surface area contributed by atoms with Crippen molar-refractivity contribution in [3.8, 4) is 33.4 Å². The Bertz CT molecular complexity index is 1370. The van der Waals surface area contributed by atoms with E-state index >= 15 is 13.2 Å². The minimum Gasteiger partial charge on any atom is -0.206 e. The zero-order valence-electron chi connectivity index (χ0n) is 23.8. The summed E-state index contributed by atoms with van der Waals surface area (Å²) in [6, 6.07) is 13.5. The number of hydrogen-bond donors (Lipinski definition) is 0. The molecule has 0 heterocycles. The molecule has 3 aromatic carbocycles. The molecule has 40 heavy (non-hydrogen) atoms. The lowest BCUT2D eigenvalue weighted by atomic mass is 9.76. The molecule has 0 bridgehead atoms. The molecular formula is C37H41F3. The average molecular weight is 543 g/mol. The summed E-state index contributed by atoms with van der Waals surface area (Å²) < 4.78 is 46.2. The van der Waals surface area contributed by atoms with E-state index in [-0.39, 0.29) is 11.1 Å². The fraction of sp³-hybridized carbons (Fsp3) is 0.459. The zero-order chi connectivity index (χ0) is 27.8. The van der Waals surface area contributed by atoms with Gasteiger partial charge in [0.25, 0.3) is 0 Å². The highest BCUT2D eigenvalue weighted by molar-refractivity contribution is 6.04. The Balaban J connectivity index is 1.15. The van der Waals surface area contributed by atoms with Crippen LogP contribution in [0.4, 0.5) is 13.2 Å². The summed E-state index contributed by atoms with van der Waals surface area (Å²) in [5, 5.41) is 0. The topological polar surface area (TPSA) is 0 Å². The second kappa shape index (κ2) is 11.6. The fourth-order valence-electron chi connectivity index (χ4n) is 7.43. The molecule has 0 spiro atoms. The Morgan fingerprint density at radius 1 is 0.675 bits per heavy atom. The van der Waals surface area contributed by atoms with Crippen LogP contribution >= 0.6 is 0 Å². The second-order valence-electron chi connectivity index (χ2n) is 12.9. The predicted molar refractivity (Wildman–Crippen MR) is 160 cm³/mol. The van der Waals surface area contributed by atoms with E-state index in [2.05, 4.69) is 25.6 Å². The molecule has 0 amide bonds. The molecule has 0 atom stereocenters. The van der Waals surface area contributed by atoms with Crippen LogP contribution in [0.1, 0.15) is 82.3 Å². The predicted octanol–water partition coefficient (Wildman–Crippen LogP) is 11.1. The van der Waals surface area contributed by atoms with E-state index in [0.29, 0.717) is 40.5 Å². The standard InChI is InChI=1S/C37H41F3/c1-3-24-8-10-26(11-9-24)16-19-29-22-32-31-21-20-30(36(39)33(31)34(32)37(40)35(29)38)28-17-14-27(15-18-28)13-12-25-6-4-23(2)5-7-25/h3,14-15,17-18,20-26H,1,4-13,16,19H2,2H3. The van der Waals surface area contributed by atoms with Crippen LogP contribution in [0.25, 0.3) is 33.4 Å². The summed E-state index contributed by atoms with van der Waals surface area (Å²) in [5.41, 5.74) is 4.53. The number of halogens is 3. The molecule has 0 radical (unpaired) electrons. The fourth-order valence-corrected chi connectivity index (χ4v) is 7.43. The smallest absolute Gasteiger partial charge is 0.167 e. The SMILES string of the molecule is C=CC1CCC(CCc2cc3c(c(F)c2F)-c2c-3ccc(-c3ccc(CCC4CCC(C)CC4)cc3)c2F)CC1. The van der Waals surface area contributed by atoms with Crippen molar-refractivity contribution >= 4 is 0 Å². The van der Waals surface area contributed by atoms with Crippen LogP contribution in [0.5, 0.6) is 0 Å². The van der Waals surface area contributed by atoms with Crippen molar-refractivity contribution in [1.29, 1.82) is 0 Å². The molecule has 0 aliphatic heterocycles. The van der Waals surface area contributed by atoms with Gasteiger partial charge in [-0.05, 0) is 109 Å². The number of allylic oxidation sites excluding steroid dienone is 1. The first kappa shape index (κ1) is 27.4. The van der Waals surface area contributed by atoms with Gasteiger partial charge in [0.1, 0.15) is 5.82 Å². The number of benzene rings is 3. The monoisotopic (exact) mass is 542 g/mol. The van der Waals surface area contributed by atoms with Gasteiger partial charge < -0.3 is 0 Å². The van der Waals surface area contributed by atoms with Crippen LogP contribution in [0.2, 0.25) is 0 Å². The van der Waals surface area contributed by atoms with E-state index in [1.807, 2.05) is 24.3 Å². The van der Waals surface area contributed by atoms with Crippen molar-refractivity contribution in [2.24, 2.45) is 23.7 Å². The van der Waals surface area contributed by atoms with E-state index in [1.165, 1.54) is 37.7 Å². The molecular weight excluding hydrogens is 501 g/mol. The lowest BCUT2D eigenvalue weighted by molar-refractivity contribution is 0.278. The van der Waals surface area contributed by atoms with Crippen molar-refractivity contribution in [3.63, 3.8) is 0 Å². The molecule has 3 aliphatic rings. The first-order valence-electron chi connectivity index (χ1n) is 15.5. The second-order valence-corrected chi connectivity index (χ2v) is 12.9. The third-order valence-corrected chi connectivity index (χ3v) is 10.3. The van der Waals surface area contributed by atoms with Gasteiger partial charge in [-0.25, -0.2) is 13.2 Å². The molecule has 0 aromatic heterocycles. The van der Waals surface area contributed by atoms with Gasteiger partial charge in [0.15, 0.2) is 11.6 Å². The Kier molecular flexibility index (Phi) is 7.93. The Morgan fingerprint density at radius 3 is 1.95 bits per heavy atom. The van der Waals surface area contributed by atoms with Crippen molar-refractivity contribution in [2.75, 3.05) is 0 Å². The van der Waals surface area contributed by atoms with Crippen LogP contribution in [-0.2, 0) is 12.8 Å². The molecule has 2 saturated carbocycles. The molecule has 3 heteroatoms. The molecule has 0 N–H and O–H groups in total. The van der Waals surface area contributed by atoms with Crippen LogP contribution in [0, 0.1) is 41.1 Å². The van der Waals surface area contributed by atoms with Gasteiger partial charge in [-0.15, -0.1) is 6.58 Å². The minimum absolute atomic E-state index is 0.0977. The summed E-state index contributed by atoms with van der Waals surface area (Å²) >= 11 is 0. The molecule has 0 nitrogen and oxygen atoms in total. The maximum Gasteiger partial charge on any atom is 0.167 e. The summed E-state index contributed by atoms with van der Waals surface area (Å²) in [5.74, 6) is 0.634. The zero-order valence-corrected chi connectivity index (χ0v) is 23.8. The largest absolute Gasteiger partial charge is 0.206 e. The lowest BCUT2D eigenvalue weighted by Gasteiger charge is -2.29. The molecule has 3 aromatic rings. The number of fused-ring (bicyclic) bond motifs is 4. The molecule has 210 valence electrons. The highest BCUT2D eigenvalue weighted by atomic mass is 19.2. The van der Waals surface area contributed by atoms with Gasteiger partial charge in [-0.1, -0.05) is 75.1 Å². The summed E-state index contributed by atoms with van der Waals surface area (Å²) in [4.78, 5) is 0. The van der Waals surface area contributed by atoms with Crippen molar-refractivity contribution in [1.82, 2.24) is 0 Å². The molecule has 0 saturated heterocycles. The maximum atomic E-state index is 15.8. The number of aryl methyl sites for hydroxylation is 2. The van der Waals surface area contributed by atoms with Gasteiger partial charge in [-0.2, -0.15) is 0 Å². The van der Waals surface area contributed by atoms with E-state index < -0.39 is 17.5 Å². The third kappa shape index (κ3) is 5.29. The Hall–Kier alpha value is -2.81. The number of rotatable bonds is 8. The molecule has 2 fully saturated rings. The third-order valence-electron chi connectivity index (χ3n) is 10.3. The highest BCUT2D eigenvalue weighted by Gasteiger charge is 2.34. The van der Waals surface area contributed by atoms with E-state index in [4.69, 9.17) is 0 Å². The van der Waals surface area contributed by atoms with E-state index in [9.17, 15) is 0 Å². The van der Waals surface area contributed by atoms with Gasteiger partial charge >= 0.3 is 0 Å². The van der Waals surface area contributed by atoms with Crippen molar-refractivity contribution in [3.05, 3.63) is 83.7 Å². The quantitative estimate of drug-likeness (QED) is 0.194. The highest BCUT2D eigenvalue weighted by Crippen LogP contribution is 2.53. The van der Waals surface area contributed by atoms with Crippen LogP contribution < -0.4 is 0 Å². The summed E-state index contributed by atoms with van der Waals surface area (Å²) in [6.45, 7) is 6.25. The van der Waals surface area contributed by atoms with Crippen molar-refractivity contribution < 1.29 is 13.2 Å². The summed E-state index contributed by atoms with van der Waals surface area (Å²) in [6.07, 6.45) is 15.5. The summed E-state index contributed by atoms with van der Waals surface area (Å²) in [7, 11) is 0. The lowest BCUT2D eigenvalue weighted by Crippen LogP contribution is -2.14. The van der Waals surface area contributed by atoms with Gasteiger partial charge in [0.2, 0.25) is 0 Å². The van der Waals surface area contributed by atoms with Gasteiger partial charge in [0, 0.05) is 16.7 Å². The first-order chi connectivity index (χ1) is 19.4. The van der Waals surface area contributed by atoms with Crippen LogP contribution in [0.15, 0.2) is 55.1 Å². The van der Waals surface area contributed by atoms with Crippen molar-refractivity contribution in [2.45, 2.75) is 84.0 Å². The normalized spacial score (nSPS) is 23.7. The Labute approximate surface area is 237 Å². The van der Waals surface area contributed by atoms with Crippen LogP contribution in [0.3, 0.4) is 0 Å². The van der Waals surface area contributed by atoms with Crippen LogP contribution in [-0.4, -0.2) is 0 Å². The Morgan fingerprint density at radius 2 is 1.27 bits per heavy atom.